The molecule has 4 heteroatoms. The predicted octanol–water partition coefficient (Wildman–Crippen LogP) is 2.67. The van der Waals surface area contributed by atoms with Gasteiger partial charge in [-0.1, -0.05) is 20.8 Å². The summed E-state index contributed by atoms with van der Waals surface area (Å²) in [5.74, 6) is 0.792. The molecule has 0 unspecified atom stereocenters. The fourth-order valence-electron chi connectivity index (χ4n) is 3.42. The van der Waals surface area contributed by atoms with E-state index >= 15 is 0 Å². The zero-order valence-electron chi connectivity index (χ0n) is 11.3. The molecule has 2 saturated carbocycles. The van der Waals surface area contributed by atoms with Crippen molar-refractivity contribution in [2.75, 3.05) is 6.54 Å². The number of hydrazone groups is 1. The van der Waals surface area contributed by atoms with Gasteiger partial charge in [0.2, 0.25) is 0 Å². The highest BCUT2D eigenvalue weighted by atomic mass is 32.1. The average molecular weight is 253 g/mol. The first kappa shape index (κ1) is 12.8. The van der Waals surface area contributed by atoms with Crippen LogP contribution < -0.4 is 10.7 Å². The zero-order chi connectivity index (χ0) is 12.7. The van der Waals surface area contributed by atoms with Crippen molar-refractivity contribution >= 4 is 23.0 Å². The van der Waals surface area contributed by atoms with Gasteiger partial charge in [-0.2, -0.15) is 5.10 Å². The van der Waals surface area contributed by atoms with Crippen LogP contribution in [-0.4, -0.2) is 17.4 Å². The molecule has 0 heterocycles. The van der Waals surface area contributed by atoms with Gasteiger partial charge < -0.3 is 5.32 Å². The van der Waals surface area contributed by atoms with Gasteiger partial charge in [0.05, 0.1) is 0 Å². The molecule has 2 aliphatic carbocycles. The maximum absolute atomic E-state index is 5.14. The van der Waals surface area contributed by atoms with Gasteiger partial charge in [-0.15, -0.1) is 0 Å². The van der Waals surface area contributed by atoms with Gasteiger partial charge in [0, 0.05) is 17.7 Å². The first-order valence-electron chi connectivity index (χ1n) is 6.52. The molecule has 2 fully saturated rings. The van der Waals surface area contributed by atoms with E-state index in [0.29, 0.717) is 10.5 Å². The number of nitrogens with one attached hydrogen (secondary N) is 2. The van der Waals surface area contributed by atoms with Gasteiger partial charge in [-0.3, -0.25) is 5.43 Å². The number of hydrogen-bond acceptors (Lipinski definition) is 2. The quantitative estimate of drug-likeness (QED) is 0.587. The van der Waals surface area contributed by atoms with Crippen LogP contribution in [0.5, 0.6) is 0 Å². The summed E-state index contributed by atoms with van der Waals surface area (Å²) in [4.78, 5) is 0. The summed E-state index contributed by atoms with van der Waals surface area (Å²) in [6.07, 6.45) is 3.74. The summed E-state index contributed by atoms with van der Waals surface area (Å²) in [5.41, 5.74) is 4.92. The lowest BCUT2D eigenvalue weighted by Gasteiger charge is -2.34. The van der Waals surface area contributed by atoms with Crippen molar-refractivity contribution in [3.8, 4) is 0 Å². The van der Waals surface area contributed by atoms with Gasteiger partial charge in [-0.25, -0.2) is 0 Å². The minimum Gasteiger partial charge on any atom is -0.362 e. The zero-order valence-corrected chi connectivity index (χ0v) is 12.1. The van der Waals surface area contributed by atoms with Crippen LogP contribution in [0.4, 0.5) is 0 Å². The molecule has 0 aromatic heterocycles. The van der Waals surface area contributed by atoms with E-state index in [-0.39, 0.29) is 5.41 Å². The van der Waals surface area contributed by atoms with Crippen molar-refractivity contribution in [1.82, 2.24) is 10.7 Å². The Hall–Kier alpha value is -0.640. The molecule has 2 atom stereocenters. The third kappa shape index (κ3) is 1.86. The molecule has 2 aliphatic rings. The normalized spacial score (nSPS) is 36.2. The molecule has 0 aliphatic heterocycles. The van der Waals surface area contributed by atoms with E-state index in [1.807, 2.05) is 6.92 Å². The Kier molecular flexibility index (Phi) is 3.19. The first-order valence-corrected chi connectivity index (χ1v) is 6.93. The van der Waals surface area contributed by atoms with Gasteiger partial charge in [0.1, 0.15) is 0 Å². The molecule has 2 bridgehead atoms. The van der Waals surface area contributed by atoms with E-state index in [4.69, 9.17) is 12.2 Å². The SMILES string of the molecule is CCNC(=S)N/N=C1/C[C@H]2CC[C@]1(C)C2(C)C. The minimum atomic E-state index is 0.256. The summed E-state index contributed by atoms with van der Waals surface area (Å²) >= 11 is 5.14. The van der Waals surface area contributed by atoms with Crippen LogP contribution in [0.3, 0.4) is 0 Å². The molecule has 0 aromatic carbocycles. The van der Waals surface area contributed by atoms with Crippen LogP contribution in [0.2, 0.25) is 0 Å². The number of rotatable bonds is 2. The minimum absolute atomic E-state index is 0.256. The summed E-state index contributed by atoms with van der Waals surface area (Å²) in [6.45, 7) is 9.99. The van der Waals surface area contributed by atoms with Crippen LogP contribution >= 0.6 is 12.2 Å². The molecule has 2 N–H and O–H groups in total. The van der Waals surface area contributed by atoms with Crippen LogP contribution in [0, 0.1) is 16.7 Å². The Morgan fingerprint density at radius 1 is 1.47 bits per heavy atom. The Bertz CT molecular complexity index is 362. The molecule has 96 valence electrons. The number of fused-ring (bicyclic) bond motifs is 2. The summed E-state index contributed by atoms with van der Waals surface area (Å²) in [5, 5.41) is 8.24. The second-order valence-electron chi connectivity index (χ2n) is 6.02. The van der Waals surface area contributed by atoms with E-state index in [1.54, 1.807) is 0 Å². The van der Waals surface area contributed by atoms with E-state index in [0.717, 1.165) is 18.9 Å². The highest BCUT2D eigenvalue weighted by molar-refractivity contribution is 7.80. The lowest BCUT2D eigenvalue weighted by atomic mass is 9.70. The predicted molar refractivity (Wildman–Crippen MR) is 76.1 cm³/mol. The topological polar surface area (TPSA) is 36.4 Å². The molecule has 17 heavy (non-hydrogen) atoms. The first-order chi connectivity index (χ1) is 7.91. The van der Waals surface area contributed by atoms with E-state index in [9.17, 15) is 0 Å². The monoisotopic (exact) mass is 253 g/mol. The lowest BCUT2D eigenvalue weighted by molar-refractivity contribution is 0.193. The fraction of sp³-hybridized carbons (Fsp3) is 0.846. The average Bonchev–Trinajstić information content (AvgIpc) is 2.59. The number of hydrogen-bond donors (Lipinski definition) is 2. The van der Waals surface area contributed by atoms with Gasteiger partial charge in [0.25, 0.3) is 0 Å². The summed E-state index contributed by atoms with van der Waals surface area (Å²) in [7, 11) is 0. The van der Waals surface area contributed by atoms with Crippen molar-refractivity contribution in [2.45, 2.75) is 47.0 Å². The molecule has 3 nitrogen and oxygen atoms in total. The van der Waals surface area contributed by atoms with Crippen LogP contribution in [0.25, 0.3) is 0 Å². The second kappa shape index (κ2) is 4.23. The third-order valence-electron chi connectivity index (χ3n) is 5.14. The molecule has 0 spiro atoms. The third-order valence-corrected chi connectivity index (χ3v) is 5.38. The molecular weight excluding hydrogens is 230 g/mol. The van der Waals surface area contributed by atoms with Gasteiger partial charge in [-0.05, 0) is 49.7 Å². The summed E-state index contributed by atoms with van der Waals surface area (Å²) < 4.78 is 0. The van der Waals surface area contributed by atoms with Gasteiger partial charge >= 0.3 is 0 Å². The maximum Gasteiger partial charge on any atom is 0.186 e. The highest BCUT2D eigenvalue weighted by Crippen LogP contribution is 2.63. The van der Waals surface area contributed by atoms with Crippen LogP contribution in [-0.2, 0) is 0 Å². The van der Waals surface area contributed by atoms with Gasteiger partial charge in [0.15, 0.2) is 5.11 Å². The Labute approximate surface area is 109 Å². The highest BCUT2D eigenvalue weighted by Gasteiger charge is 2.59. The van der Waals surface area contributed by atoms with E-state index in [2.05, 4.69) is 36.6 Å². The Balaban J connectivity index is 2.10. The molecule has 0 saturated heterocycles. The maximum atomic E-state index is 5.14. The second-order valence-corrected chi connectivity index (χ2v) is 6.43. The van der Waals surface area contributed by atoms with Crippen molar-refractivity contribution < 1.29 is 0 Å². The molecule has 2 rings (SSSR count). The van der Waals surface area contributed by atoms with Crippen molar-refractivity contribution in [3.05, 3.63) is 0 Å². The lowest BCUT2D eigenvalue weighted by Crippen LogP contribution is -2.36. The molecule has 0 radical (unpaired) electrons. The molecule has 0 aromatic rings. The molecule has 0 amide bonds. The standard InChI is InChI=1S/C13H23N3S/c1-5-14-11(17)16-15-10-8-9-6-7-13(10,4)12(9,2)3/h9H,5-8H2,1-4H3,(H2,14,16,17)/b15-10-/t9-,13+/m1/s1. The summed E-state index contributed by atoms with van der Waals surface area (Å²) in [6, 6.07) is 0. The van der Waals surface area contributed by atoms with E-state index < -0.39 is 0 Å². The largest absolute Gasteiger partial charge is 0.362 e. The van der Waals surface area contributed by atoms with Crippen LogP contribution in [0.15, 0.2) is 5.10 Å². The smallest absolute Gasteiger partial charge is 0.186 e. The van der Waals surface area contributed by atoms with Crippen molar-refractivity contribution in [2.24, 2.45) is 21.8 Å². The number of thiocarbonyl (C=S) groups is 1. The fourth-order valence-corrected chi connectivity index (χ4v) is 3.61. The van der Waals surface area contributed by atoms with Crippen molar-refractivity contribution in [1.29, 1.82) is 0 Å². The van der Waals surface area contributed by atoms with Crippen LogP contribution in [0.1, 0.15) is 47.0 Å². The molecular formula is C13H23N3S. The van der Waals surface area contributed by atoms with E-state index in [1.165, 1.54) is 18.6 Å². The Morgan fingerprint density at radius 3 is 2.65 bits per heavy atom. The van der Waals surface area contributed by atoms with Crippen molar-refractivity contribution in [3.63, 3.8) is 0 Å². The number of nitrogens with zero attached hydrogens (tertiary/aromatic N) is 1. The Morgan fingerprint density at radius 2 is 2.18 bits per heavy atom.